The average Bonchev–Trinajstić information content (AvgIpc) is 2.74. The van der Waals surface area contributed by atoms with E-state index in [4.69, 9.17) is 0 Å². The first-order chi connectivity index (χ1) is 10.8. The van der Waals surface area contributed by atoms with E-state index in [0.717, 1.165) is 0 Å². The van der Waals surface area contributed by atoms with Crippen LogP contribution in [0.15, 0.2) is 30.3 Å². The van der Waals surface area contributed by atoms with Crippen molar-refractivity contribution in [1.29, 1.82) is 0 Å². The molecule has 122 valence electrons. The lowest BCUT2D eigenvalue weighted by atomic mass is 9.96. The second-order valence-corrected chi connectivity index (χ2v) is 7.81. The molecule has 0 radical (unpaired) electrons. The number of anilines is 1. The summed E-state index contributed by atoms with van der Waals surface area (Å²) in [5.74, 6) is -1.38. The maximum atomic E-state index is 12.2. The number of rotatable bonds is 3. The molecule has 0 aromatic heterocycles. The molecular weight excluding hydrogens is 318 g/mol. The molecule has 0 unspecified atom stereocenters. The maximum Gasteiger partial charge on any atom is 0.327 e. The molecule has 1 aromatic carbocycles. The molecular formula is C15H17N3O4S. The summed E-state index contributed by atoms with van der Waals surface area (Å²) in [7, 11) is 0. The van der Waals surface area contributed by atoms with E-state index in [1.54, 1.807) is 38.1 Å². The number of β-lactam (4-membered cyclic amide) rings is 1. The van der Waals surface area contributed by atoms with Gasteiger partial charge in [-0.1, -0.05) is 18.2 Å². The van der Waals surface area contributed by atoms with Gasteiger partial charge in [-0.15, -0.1) is 11.8 Å². The van der Waals surface area contributed by atoms with Gasteiger partial charge >= 0.3 is 12.0 Å². The summed E-state index contributed by atoms with van der Waals surface area (Å²) in [6.45, 7) is 3.59. The van der Waals surface area contributed by atoms with Crippen molar-refractivity contribution in [3.63, 3.8) is 0 Å². The summed E-state index contributed by atoms with van der Waals surface area (Å²) in [6.07, 6.45) is 0. The number of hydrogen-bond acceptors (Lipinski definition) is 4. The van der Waals surface area contributed by atoms with Crippen LogP contribution < -0.4 is 10.6 Å². The zero-order valence-electron chi connectivity index (χ0n) is 12.6. The molecule has 0 aliphatic carbocycles. The molecule has 0 bridgehead atoms. The standard InChI is InChI=1S/C15H17N3O4S/c1-15(2)10(13(20)21)18-11(19)9(12(18)23-15)17-14(22)16-8-6-4-3-5-7-8/h3-7,9-10,12H,1-2H3,(H,20,21)(H2,16,17,22)/t9-,10-,12+/m1/s1. The van der Waals surface area contributed by atoms with E-state index < -0.39 is 28.8 Å². The minimum Gasteiger partial charge on any atom is -0.480 e. The molecule has 0 saturated carbocycles. The van der Waals surface area contributed by atoms with Gasteiger partial charge in [-0.25, -0.2) is 9.59 Å². The van der Waals surface area contributed by atoms with E-state index in [9.17, 15) is 19.5 Å². The van der Waals surface area contributed by atoms with Gasteiger partial charge in [0.2, 0.25) is 5.91 Å². The molecule has 3 rings (SSSR count). The number of carboxylic acid groups (broad SMARTS) is 1. The minimum atomic E-state index is -1.02. The molecule has 23 heavy (non-hydrogen) atoms. The highest BCUT2D eigenvalue weighted by Crippen LogP contribution is 2.50. The molecule has 7 nitrogen and oxygen atoms in total. The van der Waals surface area contributed by atoms with Crippen LogP contribution in [0.5, 0.6) is 0 Å². The first-order valence-electron chi connectivity index (χ1n) is 7.16. The van der Waals surface area contributed by atoms with Crippen LogP contribution in [0.3, 0.4) is 0 Å². The Morgan fingerprint density at radius 1 is 1.26 bits per heavy atom. The van der Waals surface area contributed by atoms with Gasteiger partial charge in [0.05, 0.1) is 0 Å². The monoisotopic (exact) mass is 335 g/mol. The summed E-state index contributed by atoms with van der Waals surface area (Å²) < 4.78 is -0.599. The summed E-state index contributed by atoms with van der Waals surface area (Å²) >= 11 is 1.40. The molecule has 2 aliphatic heterocycles. The Hall–Kier alpha value is -2.22. The summed E-state index contributed by atoms with van der Waals surface area (Å²) in [5.41, 5.74) is 0.622. The lowest BCUT2D eigenvalue weighted by Crippen LogP contribution is -2.70. The number of amides is 3. The van der Waals surface area contributed by atoms with Gasteiger partial charge in [-0.3, -0.25) is 4.79 Å². The number of benzene rings is 1. The van der Waals surface area contributed by atoms with Crippen LogP contribution in [0.4, 0.5) is 10.5 Å². The number of nitrogens with zero attached hydrogens (tertiary/aromatic N) is 1. The van der Waals surface area contributed by atoms with Crippen molar-refractivity contribution in [2.24, 2.45) is 0 Å². The van der Waals surface area contributed by atoms with Crippen molar-refractivity contribution < 1.29 is 19.5 Å². The number of carboxylic acids is 1. The van der Waals surface area contributed by atoms with Crippen LogP contribution >= 0.6 is 11.8 Å². The highest BCUT2D eigenvalue weighted by atomic mass is 32.2. The number of nitrogens with one attached hydrogen (secondary N) is 2. The summed E-state index contributed by atoms with van der Waals surface area (Å²) in [6, 6.07) is 6.83. The van der Waals surface area contributed by atoms with Crippen molar-refractivity contribution in [3.05, 3.63) is 30.3 Å². The van der Waals surface area contributed by atoms with Gasteiger partial charge in [-0.2, -0.15) is 0 Å². The van der Waals surface area contributed by atoms with E-state index in [2.05, 4.69) is 10.6 Å². The van der Waals surface area contributed by atoms with Crippen LogP contribution in [-0.2, 0) is 9.59 Å². The zero-order chi connectivity index (χ0) is 16.8. The highest BCUT2D eigenvalue weighted by molar-refractivity contribution is 8.01. The molecule has 2 fully saturated rings. The molecule has 2 saturated heterocycles. The molecule has 0 spiro atoms. The van der Waals surface area contributed by atoms with Crippen LogP contribution in [0.25, 0.3) is 0 Å². The number of urea groups is 1. The van der Waals surface area contributed by atoms with Crippen molar-refractivity contribution in [3.8, 4) is 0 Å². The molecule has 3 amide bonds. The largest absolute Gasteiger partial charge is 0.480 e. The third-order valence-electron chi connectivity index (χ3n) is 3.99. The van der Waals surface area contributed by atoms with E-state index in [0.29, 0.717) is 5.69 Å². The van der Waals surface area contributed by atoms with Crippen molar-refractivity contribution in [2.75, 3.05) is 5.32 Å². The molecule has 2 aliphatic rings. The molecule has 3 atom stereocenters. The lowest BCUT2D eigenvalue weighted by Gasteiger charge is -2.43. The van der Waals surface area contributed by atoms with Gasteiger partial charge in [-0.05, 0) is 26.0 Å². The predicted molar refractivity (Wildman–Crippen MR) is 86.1 cm³/mol. The van der Waals surface area contributed by atoms with Crippen molar-refractivity contribution in [2.45, 2.75) is 36.1 Å². The average molecular weight is 335 g/mol. The Labute approximate surface area is 137 Å². The molecule has 1 aromatic rings. The fourth-order valence-electron chi connectivity index (χ4n) is 2.98. The van der Waals surface area contributed by atoms with Crippen LogP contribution in [-0.4, -0.2) is 50.1 Å². The van der Waals surface area contributed by atoms with Gasteiger partial charge < -0.3 is 20.6 Å². The van der Waals surface area contributed by atoms with Crippen LogP contribution in [0.2, 0.25) is 0 Å². The highest BCUT2D eigenvalue weighted by Gasteiger charge is 2.64. The van der Waals surface area contributed by atoms with Crippen molar-refractivity contribution in [1.82, 2.24) is 10.2 Å². The Balaban J connectivity index is 1.66. The number of hydrogen-bond donors (Lipinski definition) is 3. The summed E-state index contributed by atoms with van der Waals surface area (Å²) in [5, 5.41) is 14.3. The van der Waals surface area contributed by atoms with Crippen LogP contribution in [0.1, 0.15) is 13.8 Å². The fraction of sp³-hybridized carbons (Fsp3) is 0.400. The van der Waals surface area contributed by atoms with Crippen molar-refractivity contribution >= 4 is 35.4 Å². The fourth-order valence-corrected chi connectivity index (χ4v) is 4.60. The SMILES string of the molecule is CC1(C)S[C@H]2[C@H](NC(=O)Nc3ccccc3)C(=O)N2[C@@H]1C(=O)O. The summed E-state index contributed by atoms with van der Waals surface area (Å²) in [4.78, 5) is 37.0. The predicted octanol–water partition coefficient (Wildman–Crippen LogP) is 1.32. The molecule has 2 heterocycles. The number of carbonyl (C=O) groups is 3. The van der Waals surface area contributed by atoms with Crippen LogP contribution in [0, 0.1) is 0 Å². The van der Waals surface area contributed by atoms with Gasteiger partial charge in [0.15, 0.2) is 0 Å². The first kappa shape index (κ1) is 15.7. The minimum absolute atomic E-state index is 0.347. The lowest BCUT2D eigenvalue weighted by molar-refractivity contribution is -0.159. The normalized spacial score (nSPS) is 27.8. The second kappa shape index (κ2) is 5.45. The van der Waals surface area contributed by atoms with E-state index in [-0.39, 0.29) is 11.3 Å². The van der Waals surface area contributed by atoms with E-state index >= 15 is 0 Å². The zero-order valence-corrected chi connectivity index (χ0v) is 13.5. The van der Waals surface area contributed by atoms with E-state index in [1.165, 1.54) is 16.7 Å². The third-order valence-corrected chi connectivity index (χ3v) is 5.56. The third kappa shape index (κ3) is 2.63. The van der Waals surface area contributed by atoms with Gasteiger partial charge in [0.1, 0.15) is 17.5 Å². The maximum absolute atomic E-state index is 12.2. The topological polar surface area (TPSA) is 98.7 Å². The molecule has 8 heteroatoms. The Kier molecular flexibility index (Phi) is 3.71. The van der Waals surface area contributed by atoms with Gasteiger partial charge in [0, 0.05) is 10.4 Å². The first-order valence-corrected chi connectivity index (χ1v) is 8.04. The Bertz CT molecular complexity index is 664. The number of carbonyl (C=O) groups excluding carboxylic acids is 2. The molecule has 3 N–H and O–H groups in total. The van der Waals surface area contributed by atoms with Gasteiger partial charge in [0.25, 0.3) is 0 Å². The number of aliphatic carboxylic acids is 1. The number of thioether (sulfide) groups is 1. The smallest absolute Gasteiger partial charge is 0.327 e. The number of para-hydroxylation sites is 1. The Morgan fingerprint density at radius 2 is 1.91 bits per heavy atom. The quantitative estimate of drug-likeness (QED) is 0.724. The number of fused-ring (bicyclic) bond motifs is 1. The second-order valence-electron chi connectivity index (χ2n) is 6.04. The Morgan fingerprint density at radius 3 is 2.52 bits per heavy atom. The van der Waals surface area contributed by atoms with E-state index in [1.807, 2.05) is 6.07 Å².